The topological polar surface area (TPSA) is 37.9 Å². The van der Waals surface area contributed by atoms with Crippen LogP contribution in [0.4, 0.5) is 0 Å². The van der Waals surface area contributed by atoms with Crippen LogP contribution in [0.2, 0.25) is 0 Å². The summed E-state index contributed by atoms with van der Waals surface area (Å²) in [7, 11) is 0. The Kier molecular flexibility index (Phi) is 4.20. The molecule has 90 valence electrons. The number of rotatable bonds is 6. The summed E-state index contributed by atoms with van der Waals surface area (Å²) in [5.74, 6) is 0.861. The number of hydrogen-bond acceptors (Lipinski definition) is 2. The van der Waals surface area contributed by atoms with Gasteiger partial charge in [-0.2, -0.15) is 5.10 Å². The Hall–Kier alpha value is -1.29. The molecule has 2 rings (SSSR count). The number of unbranched alkanes of at least 4 members (excludes halogenated alkanes) is 2. The molecule has 3 nitrogen and oxygen atoms in total. The van der Waals surface area contributed by atoms with Crippen LogP contribution in [0.15, 0.2) is 35.5 Å². The third kappa shape index (κ3) is 3.09. The van der Waals surface area contributed by atoms with Crippen molar-refractivity contribution >= 4 is 26.8 Å². The molecule has 1 aromatic carbocycles. The first-order chi connectivity index (χ1) is 8.31. The van der Waals surface area contributed by atoms with E-state index in [-0.39, 0.29) is 0 Å². The fourth-order valence-electron chi connectivity index (χ4n) is 1.63. The SMILES string of the molecule is C=CCCCCOc1cc2[nH]ncc2cc1Br. The minimum absolute atomic E-state index is 0.728. The van der Waals surface area contributed by atoms with Crippen molar-refractivity contribution in [1.29, 1.82) is 0 Å². The molecule has 0 unspecified atom stereocenters. The molecule has 2 aromatic rings. The van der Waals surface area contributed by atoms with E-state index in [0.29, 0.717) is 0 Å². The number of ether oxygens (including phenoxy) is 1. The van der Waals surface area contributed by atoms with E-state index < -0.39 is 0 Å². The predicted octanol–water partition coefficient (Wildman–Crippen LogP) is 4.06. The quantitative estimate of drug-likeness (QED) is 0.644. The second kappa shape index (κ2) is 5.87. The minimum Gasteiger partial charge on any atom is -0.492 e. The van der Waals surface area contributed by atoms with E-state index >= 15 is 0 Å². The van der Waals surface area contributed by atoms with Crippen LogP contribution in [-0.4, -0.2) is 16.8 Å². The van der Waals surface area contributed by atoms with Crippen LogP contribution >= 0.6 is 15.9 Å². The Labute approximate surface area is 109 Å². The van der Waals surface area contributed by atoms with Crippen molar-refractivity contribution in [3.8, 4) is 5.75 Å². The van der Waals surface area contributed by atoms with Crippen molar-refractivity contribution in [3.05, 3.63) is 35.5 Å². The first-order valence-corrected chi connectivity index (χ1v) is 6.47. The van der Waals surface area contributed by atoms with E-state index in [0.717, 1.165) is 47.0 Å². The van der Waals surface area contributed by atoms with Crippen LogP contribution in [0.3, 0.4) is 0 Å². The highest BCUT2D eigenvalue weighted by Crippen LogP contribution is 2.29. The number of nitrogens with zero attached hydrogens (tertiary/aromatic N) is 1. The number of fused-ring (bicyclic) bond motifs is 1. The molecule has 0 saturated heterocycles. The van der Waals surface area contributed by atoms with E-state index in [9.17, 15) is 0 Å². The zero-order chi connectivity index (χ0) is 12.1. The average Bonchev–Trinajstić information content (AvgIpc) is 2.76. The lowest BCUT2D eigenvalue weighted by molar-refractivity contribution is 0.306. The molecule has 17 heavy (non-hydrogen) atoms. The molecular weight excluding hydrogens is 280 g/mol. The van der Waals surface area contributed by atoms with Crippen LogP contribution in [-0.2, 0) is 0 Å². The minimum atomic E-state index is 0.728. The lowest BCUT2D eigenvalue weighted by Gasteiger charge is -2.07. The van der Waals surface area contributed by atoms with Gasteiger partial charge < -0.3 is 4.74 Å². The standard InChI is InChI=1S/C13H15BrN2O/c1-2-3-4-5-6-17-13-8-12-10(7-11(13)14)9-15-16-12/h2,7-9H,1,3-6H2,(H,15,16). The molecular formula is C13H15BrN2O. The molecule has 0 spiro atoms. The molecule has 0 bridgehead atoms. The van der Waals surface area contributed by atoms with Crippen molar-refractivity contribution in [2.24, 2.45) is 0 Å². The van der Waals surface area contributed by atoms with Gasteiger partial charge in [0.15, 0.2) is 0 Å². The van der Waals surface area contributed by atoms with Gasteiger partial charge in [0.2, 0.25) is 0 Å². The summed E-state index contributed by atoms with van der Waals surface area (Å²) in [6.45, 7) is 4.43. The predicted molar refractivity (Wildman–Crippen MR) is 73.3 cm³/mol. The number of aromatic nitrogens is 2. The van der Waals surface area contributed by atoms with Crippen LogP contribution in [0.5, 0.6) is 5.75 Å². The molecule has 4 heteroatoms. The number of halogens is 1. The molecule has 1 aromatic heterocycles. The number of H-pyrrole nitrogens is 1. The van der Waals surface area contributed by atoms with Gasteiger partial charge >= 0.3 is 0 Å². The van der Waals surface area contributed by atoms with Gasteiger partial charge in [-0.1, -0.05) is 6.08 Å². The van der Waals surface area contributed by atoms with Gasteiger partial charge in [-0.25, -0.2) is 0 Å². The summed E-state index contributed by atoms with van der Waals surface area (Å²) in [4.78, 5) is 0. The zero-order valence-corrected chi connectivity index (χ0v) is 11.2. The maximum atomic E-state index is 5.73. The summed E-state index contributed by atoms with van der Waals surface area (Å²) in [6, 6.07) is 3.98. The normalized spacial score (nSPS) is 10.6. The third-order valence-electron chi connectivity index (χ3n) is 2.55. The van der Waals surface area contributed by atoms with Gasteiger partial charge in [-0.15, -0.1) is 6.58 Å². The average molecular weight is 295 g/mol. The highest BCUT2D eigenvalue weighted by Gasteiger charge is 2.04. The van der Waals surface area contributed by atoms with Gasteiger partial charge in [-0.3, -0.25) is 5.10 Å². The fourth-order valence-corrected chi connectivity index (χ4v) is 2.10. The molecule has 0 saturated carbocycles. The number of benzene rings is 1. The molecule has 1 heterocycles. The molecule has 0 amide bonds. The lowest BCUT2D eigenvalue weighted by Crippen LogP contribution is -1.97. The molecule has 0 atom stereocenters. The third-order valence-corrected chi connectivity index (χ3v) is 3.17. The van der Waals surface area contributed by atoms with Gasteiger partial charge in [0.1, 0.15) is 5.75 Å². The summed E-state index contributed by atoms with van der Waals surface area (Å²) >= 11 is 3.50. The monoisotopic (exact) mass is 294 g/mol. The fraction of sp³-hybridized carbons (Fsp3) is 0.308. The van der Waals surface area contributed by atoms with Crippen LogP contribution in [0.25, 0.3) is 10.9 Å². The van der Waals surface area contributed by atoms with Crippen molar-refractivity contribution in [1.82, 2.24) is 10.2 Å². The second-order valence-electron chi connectivity index (χ2n) is 3.87. The van der Waals surface area contributed by atoms with E-state index in [2.05, 4.69) is 32.7 Å². The van der Waals surface area contributed by atoms with Crippen LogP contribution in [0, 0.1) is 0 Å². The Bertz CT molecular complexity index is 507. The van der Waals surface area contributed by atoms with E-state index in [4.69, 9.17) is 4.74 Å². The van der Waals surface area contributed by atoms with E-state index in [1.54, 1.807) is 6.20 Å². The second-order valence-corrected chi connectivity index (χ2v) is 4.73. The summed E-state index contributed by atoms with van der Waals surface area (Å²) in [5, 5.41) is 8.01. The summed E-state index contributed by atoms with van der Waals surface area (Å²) < 4.78 is 6.70. The van der Waals surface area contributed by atoms with Crippen molar-refractivity contribution in [2.75, 3.05) is 6.61 Å². The Balaban J connectivity index is 1.97. The zero-order valence-electron chi connectivity index (χ0n) is 9.58. The number of nitrogens with one attached hydrogen (secondary N) is 1. The highest BCUT2D eigenvalue weighted by atomic mass is 79.9. The summed E-state index contributed by atoms with van der Waals surface area (Å²) in [6.07, 6.45) is 6.94. The first-order valence-electron chi connectivity index (χ1n) is 5.67. The van der Waals surface area contributed by atoms with Gasteiger partial charge in [-0.05, 0) is 41.3 Å². The van der Waals surface area contributed by atoms with Crippen LogP contribution in [0.1, 0.15) is 19.3 Å². The van der Waals surface area contributed by atoms with Gasteiger partial charge in [0, 0.05) is 11.5 Å². The van der Waals surface area contributed by atoms with Crippen molar-refractivity contribution in [2.45, 2.75) is 19.3 Å². The molecule has 0 aliphatic heterocycles. The summed E-state index contributed by atoms with van der Waals surface area (Å²) in [5.41, 5.74) is 0.995. The maximum absolute atomic E-state index is 5.73. The number of hydrogen-bond donors (Lipinski definition) is 1. The number of allylic oxidation sites excluding steroid dienone is 1. The van der Waals surface area contributed by atoms with E-state index in [1.165, 1.54) is 0 Å². The molecule has 1 N–H and O–H groups in total. The van der Waals surface area contributed by atoms with E-state index in [1.807, 2.05) is 18.2 Å². The Morgan fingerprint density at radius 1 is 1.41 bits per heavy atom. The smallest absolute Gasteiger partial charge is 0.135 e. The van der Waals surface area contributed by atoms with Gasteiger partial charge in [0.05, 0.1) is 22.8 Å². The molecule has 0 aliphatic rings. The molecule has 0 aliphatic carbocycles. The largest absolute Gasteiger partial charge is 0.492 e. The van der Waals surface area contributed by atoms with Crippen molar-refractivity contribution < 1.29 is 4.74 Å². The molecule has 0 radical (unpaired) electrons. The van der Waals surface area contributed by atoms with Gasteiger partial charge in [0.25, 0.3) is 0 Å². The Morgan fingerprint density at radius 3 is 3.12 bits per heavy atom. The van der Waals surface area contributed by atoms with Crippen molar-refractivity contribution in [3.63, 3.8) is 0 Å². The lowest BCUT2D eigenvalue weighted by atomic mass is 10.2. The Morgan fingerprint density at radius 2 is 2.29 bits per heavy atom. The first kappa shape index (κ1) is 12.2. The van der Waals surface area contributed by atoms with Crippen LogP contribution < -0.4 is 4.74 Å². The maximum Gasteiger partial charge on any atom is 0.135 e. The highest BCUT2D eigenvalue weighted by molar-refractivity contribution is 9.10. The number of aromatic amines is 1. The molecule has 0 fully saturated rings.